The van der Waals surface area contributed by atoms with E-state index in [9.17, 15) is 18.3 Å². The standard InChI is InChI=1S/C22H33N5O5S/c28-8-7-26-18-5-6-19(26)13-25(12-18)33(30,31)27-16-3-4-17(27)10-15(9-16)23-22(29)20-11-21(32-24-20)14-1-2-14/h11,14-19,28H,1-10,12-13H2,(H,23,29)/t15-,16+,17-,18?,19?. The second kappa shape index (κ2) is 8.30. The molecule has 10 nitrogen and oxygen atoms in total. The van der Waals surface area contributed by atoms with Gasteiger partial charge in [0, 0.05) is 61.8 Å². The van der Waals surface area contributed by atoms with Gasteiger partial charge >= 0.3 is 0 Å². The third kappa shape index (κ3) is 3.91. The Bertz CT molecular complexity index is 983. The highest BCUT2D eigenvalue weighted by atomic mass is 32.2. The van der Waals surface area contributed by atoms with Crippen LogP contribution >= 0.6 is 0 Å². The van der Waals surface area contributed by atoms with Crippen molar-refractivity contribution < 1.29 is 22.8 Å². The van der Waals surface area contributed by atoms with Crippen molar-refractivity contribution in [3.63, 3.8) is 0 Å². The molecule has 5 heterocycles. The predicted molar refractivity (Wildman–Crippen MR) is 119 cm³/mol. The summed E-state index contributed by atoms with van der Waals surface area (Å²) in [7, 11) is -3.55. The van der Waals surface area contributed by atoms with Gasteiger partial charge in [0.05, 0.1) is 6.61 Å². The van der Waals surface area contributed by atoms with Crippen molar-refractivity contribution in [1.29, 1.82) is 0 Å². The Balaban J connectivity index is 1.11. The number of carbonyl (C=O) groups is 1. The summed E-state index contributed by atoms with van der Waals surface area (Å²) >= 11 is 0. The van der Waals surface area contributed by atoms with Gasteiger partial charge in [-0.05, 0) is 51.4 Å². The van der Waals surface area contributed by atoms with E-state index >= 15 is 0 Å². The van der Waals surface area contributed by atoms with Gasteiger partial charge in [0.1, 0.15) is 5.76 Å². The highest BCUT2D eigenvalue weighted by Gasteiger charge is 2.51. The molecule has 1 saturated carbocycles. The Labute approximate surface area is 194 Å². The number of hydrogen-bond donors (Lipinski definition) is 2. The molecule has 182 valence electrons. The van der Waals surface area contributed by atoms with E-state index in [-0.39, 0.29) is 42.7 Å². The lowest BCUT2D eigenvalue weighted by Crippen LogP contribution is -2.61. The molecule has 1 aromatic rings. The van der Waals surface area contributed by atoms with Crippen LogP contribution in [0.4, 0.5) is 0 Å². The van der Waals surface area contributed by atoms with Crippen molar-refractivity contribution in [3.05, 3.63) is 17.5 Å². The zero-order chi connectivity index (χ0) is 22.7. The predicted octanol–water partition coefficient (Wildman–Crippen LogP) is 0.663. The van der Waals surface area contributed by atoms with Gasteiger partial charge in [-0.25, -0.2) is 0 Å². The number of nitrogens with one attached hydrogen (secondary N) is 1. The van der Waals surface area contributed by atoms with E-state index in [1.807, 2.05) is 0 Å². The molecule has 11 heteroatoms. The van der Waals surface area contributed by atoms with Crippen LogP contribution in [-0.2, 0) is 10.2 Å². The van der Waals surface area contributed by atoms with Gasteiger partial charge < -0.3 is 14.9 Å². The fourth-order valence-corrected chi connectivity index (χ4v) is 8.72. The minimum absolute atomic E-state index is 0.0555. The Kier molecular flexibility index (Phi) is 5.52. The molecule has 5 fully saturated rings. The molecular formula is C22H33N5O5S. The average Bonchev–Trinajstić information content (AvgIpc) is 3.38. The number of piperazine rings is 1. The van der Waals surface area contributed by atoms with Crippen molar-refractivity contribution in [1.82, 2.24) is 24.0 Å². The molecule has 0 aromatic carbocycles. The molecule has 6 rings (SSSR count). The van der Waals surface area contributed by atoms with E-state index in [1.165, 1.54) is 0 Å². The molecule has 4 bridgehead atoms. The lowest BCUT2D eigenvalue weighted by atomic mass is 9.99. The first-order valence-corrected chi connectivity index (χ1v) is 13.8. The molecule has 0 spiro atoms. The number of aromatic nitrogens is 1. The van der Waals surface area contributed by atoms with Crippen molar-refractivity contribution in [2.24, 2.45) is 0 Å². The molecule has 1 aromatic heterocycles. The molecule has 4 aliphatic heterocycles. The number of aliphatic hydroxyl groups is 1. The summed E-state index contributed by atoms with van der Waals surface area (Å²) in [5.74, 6) is 0.959. The van der Waals surface area contributed by atoms with Gasteiger partial charge in [-0.3, -0.25) is 9.69 Å². The quantitative estimate of drug-likeness (QED) is 0.590. The van der Waals surface area contributed by atoms with E-state index in [0.29, 0.717) is 44.1 Å². The van der Waals surface area contributed by atoms with E-state index in [2.05, 4.69) is 15.4 Å². The normalized spacial score (nSPS) is 35.2. The summed E-state index contributed by atoms with van der Waals surface area (Å²) in [4.78, 5) is 15.0. The topological polar surface area (TPSA) is 119 Å². The number of amides is 1. The van der Waals surface area contributed by atoms with Crippen molar-refractivity contribution in [2.45, 2.75) is 87.5 Å². The Morgan fingerprint density at radius 1 is 1.06 bits per heavy atom. The van der Waals surface area contributed by atoms with Gasteiger partial charge in [-0.1, -0.05) is 5.16 Å². The van der Waals surface area contributed by atoms with Crippen LogP contribution < -0.4 is 5.32 Å². The first-order valence-electron chi connectivity index (χ1n) is 12.4. The number of piperidine rings is 1. The van der Waals surface area contributed by atoms with Gasteiger partial charge in [-0.15, -0.1) is 0 Å². The van der Waals surface area contributed by atoms with Crippen molar-refractivity contribution in [3.8, 4) is 0 Å². The molecule has 2 unspecified atom stereocenters. The summed E-state index contributed by atoms with van der Waals surface area (Å²) < 4.78 is 36.1. The first-order chi connectivity index (χ1) is 15.9. The number of carbonyl (C=O) groups excluding carboxylic acids is 1. The zero-order valence-electron chi connectivity index (χ0n) is 18.8. The van der Waals surface area contributed by atoms with Crippen LogP contribution in [0.2, 0.25) is 0 Å². The smallest absolute Gasteiger partial charge is 0.282 e. The Morgan fingerprint density at radius 2 is 1.70 bits per heavy atom. The van der Waals surface area contributed by atoms with E-state index in [4.69, 9.17) is 4.52 Å². The van der Waals surface area contributed by atoms with Gasteiger partial charge in [0.25, 0.3) is 16.1 Å². The Hall–Kier alpha value is -1.53. The number of nitrogens with zero attached hydrogens (tertiary/aromatic N) is 4. The van der Waals surface area contributed by atoms with Crippen LogP contribution in [0, 0.1) is 0 Å². The maximum Gasteiger partial charge on any atom is 0.282 e. The molecular weight excluding hydrogens is 446 g/mol. The third-order valence-corrected chi connectivity index (χ3v) is 10.4. The lowest BCUT2D eigenvalue weighted by molar-refractivity contribution is 0.0807. The highest BCUT2D eigenvalue weighted by Crippen LogP contribution is 2.41. The van der Waals surface area contributed by atoms with E-state index in [0.717, 1.165) is 44.3 Å². The summed E-state index contributed by atoms with van der Waals surface area (Å²) in [6.07, 6.45) is 7.09. The fraction of sp³-hybridized carbons (Fsp3) is 0.818. The average molecular weight is 480 g/mol. The summed E-state index contributed by atoms with van der Waals surface area (Å²) in [6, 6.07) is 1.93. The lowest BCUT2D eigenvalue weighted by Gasteiger charge is -2.45. The number of fused-ring (bicyclic) bond motifs is 4. The molecule has 1 amide bonds. The molecule has 33 heavy (non-hydrogen) atoms. The first kappa shape index (κ1) is 22.0. The summed E-state index contributed by atoms with van der Waals surface area (Å²) in [6.45, 7) is 1.74. The highest BCUT2D eigenvalue weighted by molar-refractivity contribution is 7.86. The second-order valence-electron chi connectivity index (χ2n) is 10.4. The van der Waals surface area contributed by atoms with Crippen LogP contribution in [0.5, 0.6) is 0 Å². The number of rotatable bonds is 7. The minimum Gasteiger partial charge on any atom is -0.395 e. The van der Waals surface area contributed by atoms with Crippen molar-refractivity contribution in [2.75, 3.05) is 26.2 Å². The summed E-state index contributed by atoms with van der Waals surface area (Å²) in [5.41, 5.74) is 0.315. The van der Waals surface area contributed by atoms with Crippen LogP contribution in [0.25, 0.3) is 0 Å². The van der Waals surface area contributed by atoms with Crippen molar-refractivity contribution >= 4 is 16.1 Å². The Morgan fingerprint density at radius 3 is 2.30 bits per heavy atom. The van der Waals surface area contributed by atoms with E-state index < -0.39 is 10.2 Å². The number of hydrogen-bond acceptors (Lipinski definition) is 7. The maximum atomic E-state index is 13.7. The SMILES string of the molecule is O=C(N[C@H]1C[C@H]2CC[C@@H](C1)N2S(=O)(=O)N1CC2CCC(C1)N2CCO)c1cc(C2CC2)on1. The maximum absolute atomic E-state index is 13.7. The number of aliphatic hydroxyl groups excluding tert-OH is 1. The van der Waals surface area contributed by atoms with Gasteiger partial charge in [-0.2, -0.15) is 17.0 Å². The van der Waals surface area contributed by atoms with Crippen LogP contribution in [-0.4, -0.2) is 94.5 Å². The molecule has 5 aliphatic rings. The van der Waals surface area contributed by atoms with Crippen LogP contribution in [0.1, 0.15) is 73.5 Å². The third-order valence-electron chi connectivity index (χ3n) is 8.29. The van der Waals surface area contributed by atoms with E-state index in [1.54, 1.807) is 14.7 Å². The molecule has 4 saturated heterocycles. The molecule has 5 atom stereocenters. The largest absolute Gasteiger partial charge is 0.395 e. The van der Waals surface area contributed by atoms with Gasteiger partial charge in [0.15, 0.2) is 5.69 Å². The molecule has 1 aliphatic carbocycles. The monoisotopic (exact) mass is 479 g/mol. The van der Waals surface area contributed by atoms with Gasteiger partial charge in [0.2, 0.25) is 0 Å². The molecule has 0 radical (unpaired) electrons. The molecule has 2 N–H and O–H groups in total. The summed E-state index contributed by atoms with van der Waals surface area (Å²) in [5, 5.41) is 16.4. The zero-order valence-corrected chi connectivity index (χ0v) is 19.6. The fourth-order valence-electron chi connectivity index (χ4n) is 6.60. The minimum atomic E-state index is -3.55. The second-order valence-corrected chi connectivity index (χ2v) is 12.3. The van der Waals surface area contributed by atoms with Crippen LogP contribution in [0.15, 0.2) is 10.6 Å². The van der Waals surface area contributed by atoms with Crippen LogP contribution in [0.3, 0.4) is 0 Å².